The van der Waals surface area contributed by atoms with Gasteiger partial charge in [0.25, 0.3) is 0 Å². The summed E-state index contributed by atoms with van der Waals surface area (Å²) in [6.45, 7) is 8.86. The molecule has 0 atom stereocenters. The normalized spacial score (nSPS) is 10.9. The van der Waals surface area contributed by atoms with Crippen molar-refractivity contribution in [2.75, 3.05) is 19.7 Å². The minimum absolute atomic E-state index is 0.602. The Morgan fingerprint density at radius 3 is 1.90 bits per heavy atom. The van der Waals surface area contributed by atoms with E-state index < -0.39 is 0 Å². The molecule has 0 aliphatic heterocycles. The van der Waals surface area contributed by atoms with E-state index in [1.54, 1.807) is 0 Å². The Bertz CT molecular complexity index is 860. The number of hydrogen-bond donors (Lipinski definition) is 0. The Labute approximate surface area is 187 Å². The molecular weight excluding hydrogens is 382 g/mol. The molecule has 0 fully saturated rings. The largest absolute Gasteiger partial charge is 0.494 e. The highest BCUT2D eigenvalue weighted by Crippen LogP contribution is 2.17. The van der Waals surface area contributed by atoms with Crippen molar-refractivity contribution in [2.45, 2.75) is 46.3 Å². The van der Waals surface area contributed by atoms with Crippen molar-refractivity contribution >= 4 is 0 Å². The van der Waals surface area contributed by atoms with E-state index in [1.807, 2.05) is 18.2 Å². The summed E-state index contributed by atoms with van der Waals surface area (Å²) in [5.74, 6) is 1.88. The van der Waals surface area contributed by atoms with Crippen molar-refractivity contribution in [3.63, 3.8) is 0 Å². The third-order valence-electron chi connectivity index (χ3n) is 5.23. The van der Waals surface area contributed by atoms with Crippen molar-refractivity contribution in [2.24, 2.45) is 0 Å². The minimum Gasteiger partial charge on any atom is -0.494 e. The summed E-state index contributed by atoms with van der Waals surface area (Å²) in [4.78, 5) is 2.53. The third-order valence-corrected chi connectivity index (χ3v) is 5.23. The molecule has 0 spiro atoms. The summed E-state index contributed by atoms with van der Waals surface area (Å²) in [5, 5.41) is 0. The average molecular weight is 418 g/mol. The fourth-order valence-electron chi connectivity index (χ4n) is 3.54. The van der Waals surface area contributed by atoms with E-state index in [2.05, 4.69) is 79.4 Å². The van der Waals surface area contributed by atoms with Crippen LogP contribution in [0.4, 0.5) is 0 Å². The Morgan fingerprint density at radius 1 is 0.613 bits per heavy atom. The van der Waals surface area contributed by atoms with E-state index in [9.17, 15) is 0 Å². The van der Waals surface area contributed by atoms with Gasteiger partial charge in [-0.3, -0.25) is 4.90 Å². The first-order chi connectivity index (χ1) is 15.3. The highest BCUT2D eigenvalue weighted by Gasteiger charge is 2.07. The van der Waals surface area contributed by atoms with Crippen LogP contribution < -0.4 is 9.47 Å². The van der Waals surface area contributed by atoms with Gasteiger partial charge in [0.1, 0.15) is 18.1 Å². The summed E-state index contributed by atoms with van der Waals surface area (Å²) < 4.78 is 11.6. The fraction of sp³-hybridized carbons (Fsp3) is 0.357. The number of nitrogens with zero attached hydrogens (tertiary/aromatic N) is 1. The molecule has 0 unspecified atom stereocenters. The highest BCUT2D eigenvalue weighted by atomic mass is 16.5. The van der Waals surface area contributed by atoms with Crippen molar-refractivity contribution in [3.8, 4) is 11.5 Å². The number of hydrogen-bond acceptors (Lipinski definition) is 3. The van der Waals surface area contributed by atoms with Crippen LogP contribution in [0.3, 0.4) is 0 Å². The smallest absolute Gasteiger partial charge is 0.119 e. The molecule has 3 aromatic rings. The summed E-state index contributed by atoms with van der Waals surface area (Å²) in [5.41, 5.74) is 3.86. The monoisotopic (exact) mass is 417 g/mol. The zero-order valence-electron chi connectivity index (χ0n) is 18.9. The Balaban J connectivity index is 1.48. The predicted octanol–water partition coefficient (Wildman–Crippen LogP) is 6.51. The Kier molecular flexibility index (Phi) is 9.46. The molecule has 3 nitrogen and oxygen atoms in total. The molecule has 0 N–H and O–H groups in total. The van der Waals surface area contributed by atoms with E-state index in [0.717, 1.165) is 57.0 Å². The molecule has 0 aliphatic rings. The maximum atomic E-state index is 5.92. The number of rotatable bonds is 13. The topological polar surface area (TPSA) is 21.7 Å². The zero-order chi connectivity index (χ0) is 21.7. The van der Waals surface area contributed by atoms with Gasteiger partial charge in [-0.2, -0.15) is 0 Å². The van der Waals surface area contributed by atoms with Gasteiger partial charge in [-0.15, -0.1) is 0 Å². The Hall–Kier alpha value is -2.78. The molecule has 0 bridgehead atoms. The van der Waals surface area contributed by atoms with Crippen LogP contribution in [-0.4, -0.2) is 24.6 Å². The standard InChI is InChI=1S/C28H35NO2/c1-3-19-29(20-18-24-10-14-27(15-11-24)30-21-4-2)22-25-12-16-28(17-13-25)31-23-26-8-6-5-7-9-26/h5-17H,3-4,18-23H2,1-2H3. The SMILES string of the molecule is CCCOc1ccc(CCN(CCC)Cc2ccc(OCc3ccccc3)cc2)cc1. The molecule has 0 aromatic heterocycles. The molecule has 0 aliphatic carbocycles. The second kappa shape index (κ2) is 12.8. The minimum atomic E-state index is 0.602. The molecule has 164 valence electrons. The van der Waals surface area contributed by atoms with Crippen molar-refractivity contribution in [1.29, 1.82) is 0 Å². The second-order valence-corrected chi connectivity index (χ2v) is 7.94. The summed E-state index contributed by atoms with van der Waals surface area (Å²) in [7, 11) is 0. The lowest BCUT2D eigenvalue weighted by molar-refractivity contribution is 0.268. The van der Waals surface area contributed by atoms with Crippen molar-refractivity contribution < 1.29 is 9.47 Å². The summed E-state index contributed by atoms with van der Waals surface area (Å²) in [6, 6.07) is 27.4. The van der Waals surface area contributed by atoms with Crippen LogP contribution in [0.2, 0.25) is 0 Å². The van der Waals surface area contributed by atoms with Crippen LogP contribution >= 0.6 is 0 Å². The molecule has 3 rings (SSSR count). The van der Waals surface area contributed by atoms with Crippen LogP contribution in [0.1, 0.15) is 43.4 Å². The molecule has 31 heavy (non-hydrogen) atoms. The molecule has 3 heteroatoms. The van der Waals surface area contributed by atoms with Gasteiger partial charge in [0.05, 0.1) is 6.61 Å². The molecule has 0 heterocycles. The van der Waals surface area contributed by atoms with Crippen LogP contribution in [0.25, 0.3) is 0 Å². The summed E-state index contributed by atoms with van der Waals surface area (Å²) >= 11 is 0. The third kappa shape index (κ3) is 8.10. The van der Waals surface area contributed by atoms with Crippen molar-refractivity contribution in [3.05, 3.63) is 95.6 Å². The van der Waals surface area contributed by atoms with E-state index in [1.165, 1.54) is 16.7 Å². The molecule has 0 saturated carbocycles. The Morgan fingerprint density at radius 2 is 1.26 bits per heavy atom. The van der Waals surface area contributed by atoms with E-state index >= 15 is 0 Å². The number of benzene rings is 3. The number of ether oxygens (including phenoxy) is 2. The van der Waals surface area contributed by atoms with Gasteiger partial charge in [0, 0.05) is 13.1 Å². The van der Waals surface area contributed by atoms with Gasteiger partial charge >= 0.3 is 0 Å². The maximum Gasteiger partial charge on any atom is 0.119 e. The van der Waals surface area contributed by atoms with Crippen LogP contribution in [0.5, 0.6) is 11.5 Å². The molecular formula is C28H35NO2. The van der Waals surface area contributed by atoms with Gasteiger partial charge in [-0.05, 0) is 66.8 Å². The molecule has 0 radical (unpaired) electrons. The first-order valence-electron chi connectivity index (χ1n) is 11.5. The van der Waals surface area contributed by atoms with Crippen LogP contribution in [-0.2, 0) is 19.6 Å². The van der Waals surface area contributed by atoms with Gasteiger partial charge in [0.2, 0.25) is 0 Å². The van der Waals surface area contributed by atoms with Crippen LogP contribution in [0.15, 0.2) is 78.9 Å². The highest BCUT2D eigenvalue weighted by molar-refractivity contribution is 5.29. The van der Waals surface area contributed by atoms with Gasteiger partial charge in [-0.1, -0.05) is 68.4 Å². The molecule has 0 amide bonds. The van der Waals surface area contributed by atoms with Gasteiger partial charge in [-0.25, -0.2) is 0 Å². The quantitative estimate of drug-likeness (QED) is 0.316. The molecule has 3 aromatic carbocycles. The average Bonchev–Trinajstić information content (AvgIpc) is 2.82. The lowest BCUT2D eigenvalue weighted by Gasteiger charge is -2.22. The first kappa shape index (κ1) is 22.9. The molecule has 0 saturated heterocycles. The fourth-order valence-corrected chi connectivity index (χ4v) is 3.54. The van der Waals surface area contributed by atoms with Gasteiger partial charge in [0.15, 0.2) is 0 Å². The van der Waals surface area contributed by atoms with E-state index in [0.29, 0.717) is 6.61 Å². The van der Waals surface area contributed by atoms with Gasteiger partial charge < -0.3 is 9.47 Å². The van der Waals surface area contributed by atoms with Crippen LogP contribution in [0, 0.1) is 0 Å². The lowest BCUT2D eigenvalue weighted by atomic mass is 10.1. The maximum absolute atomic E-state index is 5.92. The van der Waals surface area contributed by atoms with E-state index in [-0.39, 0.29) is 0 Å². The zero-order valence-corrected chi connectivity index (χ0v) is 18.9. The van der Waals surface area contributed by atoms with Crippen molar-refractivity contribution in [1.82, 2.24) is 4.90 Å². The predicted molar refractivity (Wildman–Crippen MR) is 129 cm³/mol. The second-order valence-electron chi connectivity index (χ2n) is 7.94. The lowest BCUT2D eigenvalue weighted by Crippen LogP contribution is -2.26. The first-order valence-corrected chi connectivity index (χ1v) is 11.5. The van der Waals surface area contributed by atoms with E-state index in [4.69, 9.17) is 9.47 Å². The summed E-state index contributed by atoms with van der Waals surface area (Å²) in [6.07, 6.45) is 3.24.